The van der Waals surface area contributed by atoms with Crippen LogP contribution in [0.5, 0.6) is 5.75 Å². The minimum absolute atomic E-state index is 0.0189. The lowest BCUT2D eigenvalue weighted by Crippen LogP contribution is -2.53. The molecular weight excluding hydrogens is 544 g/mol. The van der Waals surface area contributed by atoms with E-state index in [9.17, 15) is 9.90 Å². The van der Waals surface area contributed by atoms with Crippen molar-refractivity contribution in [3.63, 3.8) is 0 Å². The molecule has 0 saturated heterocycles. The Hall–Kier alpha value is -3.05. The number of nitrogens with zero attached hydrogens (tertiary/aromatic N) is 1. The summed E-state index contributed by atoms with van der Waals surface area (Å²) in [6, 6.07) is 16.2. The van der Waals surface area contributed by atoms with Crippen molar-refractivity contribution < 1.29 is 14.6 Å². The number of aromatic nitrogens is 1. The minimum atomic E-state index is -1.00. The van der Waals surface area contributed by atoms with E-state index in [4.69, 9.17) is 16.3 Å². The lowest BCUT2D eigenvalue weighted by Gasteiger charge is -2.47. The number of pyridine rings is 1. The lowest BCUT2D eigenvalue weighted by molar-refractivity contribution is -0.144. The maximum absolute atomic E-state index is 12.8. The van der Waals surface area contributed by atoms with Crippen LogP contribution >= 0.6 is 11.6 Å². The van der Waals surface area contributed by atoms with Gasteiger partial charge < -0.3 is 15.2 Å². The third-order valence-corrected chi connectivity index (χ3v) is 10.8. The highest BCUT2D eigenvalue weighted by molar-refractivity contribution is 6.30. The molecule has 2 aromatic carbocycles. The molecule has 2 N–H and O–H groups in total. The molecule has 0 aliphatic heterocycles. The van der Waals surface area contributed by atoms with Gasteiger partial charge in [-0.25, -0.2) is 4.79 Å². The Labute approximate surface area is 255 Å². The van der Waals surface area contributed by atoms with E-state index in [-0.39, 0.29) is 5.41 Å². The first-order valence-electron chi connectivity index (χ1n) is 15.7. The van der Waals surface area contributed by atoms with E-state index in [1.807, 2.05) is 36.5 Å². The maximum Gasteiger partial charge on any atom is 0.329 e. The van der Waals surface area contributed by atoms with E-state index in [0.717, 1.165) is 43.5 Å². The number of hydrogen-bond donors (Lipinski definition) is 2. The lowest BCUT2D eigenvalue weighted by atomic mass is 9.59. The van der Waals surface area contributed by atoms with Crippen LogP contribution in [0.25, 0.3) is 0 Å². The topological polar surface area (TPSA) is 71.5 Å². The van der Waals surface area contributed by atoms with E-state index >= 15 is 0 Å². The third-order valence-electron chi connectivity index (χ3n) is 10.6. The molecule has 6 heteroatoms. The zero-order valence-electron chi connectivity index (χ0n) is 25.1. The van der Waals surface area contributed by atoms with Crippen LogP contribution in [0, 0.1) is 18.8 Å². The Morgan fingerprint density at radius 3 is 2.71 bits per heavy atom. The molecule has 0 unspecified atom stereocenters. The first kappa shape index (κ1) is 29.0. The van der Waals surface area contributed by atoms with Crippen molar-refractivity contribution in [1.29, 1.82) is 0 Å². The van der Waals surface area contributed by atoms with E-state index in [1.165, 1.54) is 40.8 Å². The van der Waals surface area contributed by atoms with Gasteiger partial charge in [0.2, 0.25) is 0 Å². The van der Waals surface area contributed by atoms with Crippen LogP contribution in [0.2, 0.25) is 5.02 Å². The number of aryl methyl sites for hydroxylation is 2. The smallest absolute Gasteiger partial charge is 0.329 e. The molecule has 222 valence electrons. The van der Waals surface area contributed by atoms with E-state index in [0.29, 0.717) is 42.2 Å². The van der Waals surface area contributed by atoms with Crippen molar-refractivity contribution in [2.45, 2.75) is 95.4 Å². The second-order valence-corrected chi connectivity index (χ2v) is 13.7. The van der Waals surface area contributed by atoms with Crippen molar-refractivity contribution >= 4 is 23.3 Å². The quantitative estimate of drug-likeness (QED) is 0.277. The number of benzene rings is 2. The zero-order chi connectivity index (χ0) is 29.5. The van der Waals surface area contributed by atoms with Crippen molar-refractivity contribution in [1.82, 2.24) is 4.98 Å². The largest absolute Gasteiger partial charge is 0.493 e. The molecule has 3 aliphatic rings. The van der Waals surface area contributed by atoms with Gasteiger partial charge >= 0.3 is 5.97 Å². The summed E-state index contributed by atoms with van der Waals surface area (Å²) >= 11 is 6.23. The predicted octanol–water partition coefficient (Wildman–Crippen LogP) is 8.51. The number of ether oxygens (including phenoxy) is 1. The van der Waals surface area contributed by atoms with Crippen molar-refractivity contribution in [2.75, 3.05) is 11.9 Å². The number of carbonyl (C=O) groups is 1. The molecular formula is C36H43ClN2O3. The summed E-state index contributed by atoms with van der Waals surface area (Å²) in [4.78, 5) is 17.4. The molecule has 1 fully saturated rings. The molecule has 3 aliphatic carbocycles. The Balaban J connectivity index is 1.21. The highest BCUT2D eigenvalue weighted by atomic mass is 35.5. The minimum Gasteiger partial charge on any atom is -0.493 e. The molecule has 0 radical (unpaired) electrons. The molecule has 1 spiro atoms. The van der Waals surface area contributed by atoms with Crippen LogP contribution < -0.4 is 10.1 Å². The standard InChI is InChI=1S/C36H43ClN2O3/c1-23(22-42-32-13-18-38-31-12-5-8-25(3)33(31)32)19-26-20-29-24(2)7-4-11-30(29)35(26)14-16-36(17-15-35,34(40)41)39-28-10-6-9-27(37)21-28/h4,6-7,9-11,13,18,21,23,25-26,39H,5,8,12,14-17,19-20,22H2,1-3H3,(H,40,41)/t23-,25-,26-,35?,36?/m1/s1. The Kier molecular flexibility index (Phi) is 7.99. The summed E-state index contributed by atoms with van der Waals surface area (Å²) in [5.41, 5.74) is 6.52. The van der Waals surface area contributed by atoms with Gasteiger partial charge in [0.05, 0.1) is 6.61 Å². The van der Waals surface area contributed by atoms with Crippen molar-refractivity contribution in [3.8, 4) is 5.75 Å². The second-order valence-electron chi connectivity index (χ2n) is 13.3. The fourth-order valence-electron chi connectivity index (χ4n) is 8.30. The molecule has 42 heavy (non-hydrogen) atoms. The number of anilines is 1. The van der Waals surface area contributed by atoms with Crippen molar-refractivity contribution in [2.24, 2.45) is 11.8 Å². The summed E-state index contributed by atoms with van der Waals surface area (Å²) in [6.07, 6.45) is 10.3. The molecule has 0 bridgehead atoms. The first-order chi connectivity index (χ1) is 20.2. The molecule has 1 saturated carbocycles. The van der Waals surface area contributed by atoms with Gasteiger partial charge in [0, 0.05) is 28.2 Å². The number of carboxylic acids is 1. The van der Waals surface area contributed by atoms with Crippen LogP contribution in [0.15, 0.2) is 54.7 Å². The number of rotatable bonds is 8. The molecule has 5 nitrogen and oxygen atoms in total. The normalized spacial score (nSPS) is 27.2. The molecule has 1 aromatic heterocycles. The van der Waals surface area contributed by atoms with Gasteiger partial charge in [-0.2, -0.15) is 0 Å². The molecule has 1 heterocycles. The number of hydrogen-bond acceptors (Lipinski definition) is 4. The fourth-order valence-corrected chi connectivity index (χ4v) is 8.49. The molecule has 0 amide bonds. The maximum atomic E-state index is 12.8. The van der Waals surface area contributed by atoms with Gasteiger partial charge in [-0.3, -0.25) is 4.98 Å². The second kappa shape index (κ2) is 11.6. The van der Waals surface area contributed by atoms with Crippen LogP contribution in [-0.4, -0.2) is 28.2 Å². The number of aliphatic carboxylic acids is 1. The summed E-state index contributed by atoms with van der Waals surface area (Å²) in [7, 11) is 0. The van der Waals surface area contributed by atoms with Crippen LogP contribution in [0.3, 0.4) is 0 Å². The zero-order valence-corrected chi connectivity index (χ0v) is 25.8. The predicted molar refractivity (Wildman–Crippen MR) is 169 cm³/mol. The Bertz CT molecular complexity index is 1460. The SMILES string of the molecule is Cc1cccc2c1C[C@@H](C[C@@H](C)COc1ccnc3c1[C@H](C)CCC3)C21CCC(Nc2cccc(Cl)c2)(C(=O)O)CC1. The van der Waals surface area contributed by atoms with Crippen LogP contribution in [0.1, 0.15) is 92.7 Å². The monoisotopic (exact) mass is 586 g/mol. The third kappa shape index (κ3) is 5.30. The number of carboxylic acid groups (broad SMARTS) is 1. The van der Waals surface area contributed by atoms with Crippen LogP contribution in [0.4, 0.5) is 5.69 Å². The van der Waals surface area contributed by atoms with Gasteiger partial charge in [0.25, 0.3) is 0 Å². The highest BCUT2D eigenvalue weighted by Crippen LogP contribution is 2.56. The van der Waals surface area contributed by atoms with E-state index in [1.54, 1.807) is 0 Å². The van der Waals surface area contributed by atoms with E-state index < -0.39 is 11.5 Å². The van der Waals surface area contributed by atoms with Crippen LogP contribution in [-0.2, 0) is 23.1 Å². The fraction of sp³-hybridized carbons (Fsp3) is 0.500. The van der Waals surface area contributed by atoms with Gasteiger partial charge in [-0.05, 0) is 129 Å². The summed E-state index contributed by atoms with van der Waals surface area (Å²) in [5, 5.41) is 14.5. The first-order valence-corrected chi connectivity index (χ1v) is 16.1. The van der Waals surface area contributed by atoms with Crippen molar-refractivity contribution in [3.05, 3.63) is 87.7 Å². The summed E-state index contributed by atoms with van der Waals surface area (Å²) < 4.78 is 6.53. The Morgan fingerprint density at radius 2 is 1.95 bits per heavy atom. The van der Waals surface area contributed by atoms with Gasteiger partial charge in [0.15, 0.2) is 0 Å². The highest BCUT2D eigenvalue weighted by Gasteiger charge is 2.54. The molecule has 6 rings (SSSR count). The Morgan fingerprint density at radius 1 is 1.17 bits per heavy atom. The summed E-state index contributed by atoms with van der Waals surface area (Å²) in [5.74, 6) is 1.54. The van der Waals surface area contributed by atoms with E-state index in [2.05, 4.69) is 49.3 Å². The summed E-state index contributed by atoms with van der Waals surface area (Å²) in [6.45, 7) is 7.51. The van der Waals surface area contributed by atoms with Gasteiger partial charge in [0.1, 0.15) is 11.3 Å². The number of halogens is 1. The molecule has 3 aromatic rings. The average Bonchev–Trinajstić information content (AvgIpc) is 3.26. The number of nitrogens with one attached hydrogen (secondary N) is 1. The van der Waals surface area contributed by atoms with Gasteiger partial charge in [-0.1, -0.05) is 49.7 Å². The average molecular weight is 587 g/mol. The number of fused-ring (bicyclic) bond motifs is 3. The van der Waals surface area contributed by atoms with Gasteiger partial charge in [-0.15, -0.1) is 0 Å². The molecule has 3 atom stereocenters.